The fraction of sp³-hybridized carbons (Fsp3) is 0.133. The Labute approximate surface area is 112 Å². The van der Waals surface area contributed by atoms with Crippen LogP contribution in [-0.2, 0) is 0 Å². The third-order valence-electron chi connectivity index (χ3n) is 3.12. The average molecular weight is 253 g/mol. The summed E-state index contributed by atoms with van der Waals surface area (Å²) in [4.78, 5) is 6.65. The smallest absolute Gasteiger partial charge is 0.147 e. The first-order valence-electron chi connectivity index (χ1n) is 6.13. The number of anilines is 2. The number of amidine groups is 1. The molecule has 0 aromatic heterocycles. The van der Waals surface area contributed by atoms with Crippen LogP contribution in [0.25, 0.3) is 0 Å². The van der Waals surface area contributed by atoms with Gasteiger partial charge in [0.25, 0.3) is 0 Å². The van der Waals surface area contributed by atoms with Crippen LogP contribution in [0.4, 0.5) is 17.1 Å². The predicted molar refractivity (Wildman–Crippen MR) is 78.3 cm³/mol. The lowest BCUT2D eigenvalue weighted by atomic mass is 10.2. The van der Waals surface area contributed by atoms with Gasteiger partial charge in [-0.1, -0.05) is 18.2 Å². The number of para-hydroxylation sites is 1. The first-order valence-corrected chi connectivity index (χ1v) is 6.13. The van der Waals surface area contributed by atoms with Crippen molar-refractivity contribution in [2.75, 3.05) is 24.3 Å². The third kappa shape index (κ3) is 2.25. The highest BCUT2D eigenvalue weighted by atomic mass is 16.5. The molecule has 0 radical (unpaired) electrons. The summed E-state index contributed by atoms with van der Waals surface area (Å²) < 4.78 is 5.71. The topological polar surface area (TPSA) is 50.8 Å². The van der Waals surface area contributed by atoms with Crippen LogP contribution < -0.4 is 15.4 Å². The second kappa shape index (κ2) is 4.65. The fourth-order valence-electron chi connectivity index (χ4n) is 2.02. The maximum absolute atomic E-state index is 5.73. The molecule has 4 nitrogen and oxygen atoms in total. The molecule has 2 N–H and O–H groups in total. The molecule has 0 unspecified atom stereocenters. The van der Waals surface area contributed by atoms with Crippen molar-refractivity contribution < 1.29 is 4.74 Å². The summed E-state index contributed by atoms with van der Waals surface area (Å²) in [5.74, 6) is 1.62. The number of nitrogens with two attached hydrogens (primary N) is 1. The van der Waals surface area contributed by atoms with Crippen molar-refractivity contribution in [3.05, 3.63) is 48.5 Å². The van der Waals surface area contributed by atoms with Gasteiger partial charge in [0.15, 0.2) is 0 Å². The highest BCUT2D eigenvalue weighted by Crippen LogP contribution is 2.33. The van der Waals surface area contributed by atoms with E-state index in [4.69, 9.17) is 10.5 Å². The van der Waals surface area contributed by atoms with Crippen molar-refractivity contribution in [1.82, 2.24) is 0 Å². The molecule has 0 aliphatic carbocycles. The summed E-state index contributed by atoms with van der Waals surface area (Å²) in [7, 11) is 1.99. The Balaban J connectivity index is 1.93. The van der Waals surface area contributed by atoms with E-state index in [0.717, 1.165) is 23.0 Å². The molecule has 1 heterocycles. The number of hydrogen-bond donors (Lipinski definition) is 1. The second-order valence-corrected chi connectivity index (χ2v) is 4.44. The van der Waals surface area contributed by atoms with Gasteiger partial charge in [-0.05, 0) is 24.3 Å². The minimum Gasteiger partial charge on any atom is -0.483 e. The van der Waals surface area contributed by atoms with Crippen LogP contribution in [0.15, 0.2) is 53.5 Å². The van der Waals surface area contributed by atoms with Gasteiger partial charge in [0.05, 0.1) is 0 Å². The number of nitrogen functional groups attached to an aromatic ring is 1. The number of hydrogen-bond acceptors (Lipinski definition) is 4. The largest absolute Gasteiger partial charge is 0.483 e. The standard InChI is InChI=1S/C15H15N3O/c1-18(12-5-3-2-4-6-12)15-10-19-14-9-11(16)7-8-13(14)17-15/h2-9H,10,16H2,1H3. The molecule has 0 fully saturated rings. The molecule has 2 aromatic rings. The van der Waals surface area contributed by atoms with Crippen molar-refractivity contribution in [2.24, 2.45) is 4.99 Å². The minimum atomic E-state index is 0.446. The van der Waals surface area contributed by atoms with Crippen molar-refractivity contribution in [1.29, 1.82) is 0 Å². The Morgan fingerprint density at radius 3 is 2.74 bits per heavy atom. The number of ether oxygens (including phenoxy) is 1. The van der Waals surface area contributed by atoms with Gasteiger partial charge in [-0.25, -0.2) is 4.99 Å². The number of rotatable bonds is 1. The molecule has 2 aromatic carbocycles. The highest BCUT2D eigenvalue weighted by Gasteiger charge is 2.17. The Morgan fingerprint density at radius 1 is 1.16 bits per heavy atom. The van der Waals surface area contributed by atoms with Gasteiger partial charge in [-0.2, -0.15) is 0 Å². The number of benzene rings is 2. The zero-order chi connectivity index (χ0) is 13.2. The van der Waals surface area contributed by atoms with Gasteiger partial charge in [-0.15, -0.1) is 0 Å². The molecule has 4 heteroatoms. The molecular formula is C15H15N3O. The fourth-order valence-corrected chi connectivity index (χ4v) is 2.02. The van der Waals surface area contributed by atoms with E-state index in [1.807, 2.05) is 54.4 Å². The number of likely N-dealkylation sites (N-methyl/N-ethyl adjacent to an activating group) is 1. The quantitative estimate of drug-likeness (QED) is 0.795. The van der Waals surface area contributed by atoms with Crippen LogP contribution in [0.3, 0.4) is 0 Å². The number of fused-ring (bicyclic) bond motifs is 1. The summed E-state index contributed by atoms with van der Waals surface area (Å²) in [6, 6.07) is 15.6. The van der Waals surface area contributed by atoms with Crippen molar-refractivity contribution in [2.45, 2.75) is 0 Å². The SMILES string of the molecule is CN(C1=Nc2ccc(N)cc2OC1)c1ccccc1. The summed E-state index contributed by atoms with van der Waals surface area (Å²) >= 11 is 0. The summed E-state index contributed by atoms with van der Waals surface area (Å²) in [5, 5.41) is 0. The van der Waals surface area contributed by atoms with Gasteiger partial charge in [0.2, 0.25) is 0 Å². The molecule has 1 aliphatic heterocycles. The molecule has 0 amide bonds. The van der Waals surface area contributed by atoms with E-state index in [1.165, 1.54) is 0 Å². The van der Waals surface area contributed by atoms with E-state index < -0.39 is 0 Å². The molecule has 96 valence electrons. The van der Waals surface area contributed by atoms with E-state index in [1.54, 1.807) is 6.07 Å². The monoisotopic (exact) mass is 253 g/mol. The first kappa shape index (κ1) is 11.6. The van der Waals surface area contributed by atoms with Crippen LogP contribution >= 0.6 is 0 Å². The van der Waals surface area contributed by atoms with E-state index in [-0.39, 0.29) is 0 Å². The van der Waals surface area contributed by atoms with Crippen molar-refractivity contribution >= 4 is 22.9 Å². The molecule has 0 saturated carbocycles. The maximum Gasteiger partial charge on any atom is 0.147 e. The molecule has 0 bridgehead atoms. The summed E-state index contributed by atoms with van der Waals surface area (Å²) in [6.45, 7) is 0.446. The zero-order valence-corrected chi connectivity index (χ0v) is 10.7. The lowest BCUT2D eigenvalue weighted by Gasteiger charge is -2.25. The minimum absolute atomic E-state index is 0.446. The van der Waals surface area contributed by atoms with Crippen LogP contribution in [0.1, 0.15) is 0 Å². The van der Waals surface area contributed by atoms with E-state index in [0.29, 0.717) is 12.3 Å². The lowest BCUT2D eigenvalue weighted by molar-refractivity contribution is 0.370. The zero-order valence-electron chi connectivity index (χ0n) is 10.7. The summed E-state index contributed by atoms with van der Waals surface area (Å²) in [6.07, 6.45) is 0. The Hall–Kier alpha value is -2.49. The van der Waals surface area contributed by atoms with E-state index in [2.05, 4.69) is 4.99 Å². The Bertz CT molecular complexity index is 623. The lowest BCUT2D eigenvalue weighted by Crippen LogP contribution is -2.32. The Kier molecular flexibility index (Phi) is 2.83. The normalized spacial score (nSPS) is 13.2. The summed E-state index contributed by atoms with van der Waals surface area (Å²) in [5.41, 5.74) is 8.32. The molecule has 1 aliphatic rings. The van der Waals surface area contributed by atoms with Crippen LogP contribution in [-0.4, -0.2) is 19.5 Å². The van der Waals surface area contributed by atoms with Crippen LogP contribution in [0, 0.1) is 0 Å². The molecule has 3 rings (SSSR count). The van der Waals surface area contributed by atoms with Crippen LogP contribution in [0.2, 0.25) is 0 Å². The van der Waals surface area contributed by atoms with Gasteiger partial charge in [0, 0.05) is 24.5 Å². The molecular weight excluding hydrogens is 238 g/mol. The van der Waals surface area contributed by atoms with Crippen LogP contribution in [0.5, 0.6) is 5.75 Å². The average Bonchev–Trinajstić information content (AvgIpc) is 2.47. The highest BCUT2D eigenvalue weighted by molar-refractivity contribution is 6.01. The first-order chi connectivity index (χ1) is 9.24. The van der Waals surface area contributed by atoms with Gasteiger partial charge < -0.3 is 15.4 Å². The molecule has 0 saturated heterocycles. The van der Waals surface area contributed by atoms with Crippen molar-refractivity contribution in [3.63, 3.8) is 0 Å². The second-order valence-electron chi connectivity index (χ2n) is 4.44. The third-order valence-corrected chi connectivity index (χ3v) is 3.12. The molecule has 0 spiro atoms. The Morgan fingerprint density at radius 2 is 1.95 bits per heavy atom. The predicted octanol–water partition coefficient (Wildman–Crippen LogP) is 2.83. The van der Waals surface area contributed by atoms with Crippen molar-refractivity contribution in [3.8, 4) is 5.75 Å². The molecule has 0 atom stereocenters. The van der Waals surface area contributed by atoms with E-state index in [9.17, 15) is 0 Å². The number of nitrogens with zero attached hydrogens (tertiary/aromatic N) is 2. The molecule has 19 heavy (non-hydrogen) atoms. The van der Waals surface area contributed by atoms with E-state index >= 15 is 0 Å². The van der Waals surface area contributed by atoms with Gasteiger partial charge >= 0.3 is 0 Å². The van der Waals surface area contributed by atoms with Gasteiger partial charge in [0.1, 0.15) is 23.9 Å². The van der Waals surface area contributed by atoms with Gasteiger partial charge in [-0.3, -0.25) is 0 Å². The maximum atomic E-state index is 5.73. The number of aliphatic imine (C=N–C) groups is 1.